The Balaban J connectivity index is 1.75. The highest BCUT2D eigenvalue weighted by Gasteiger charge is 2.07. The number of aromatic nitrogens is 1. The molecule has 3 heteroatoms. The zero-order valence-corrected chi connectivity index (χ0v) is 11.6. The van der Waals surface area contributed by atoms with Gasteiger partial charge in [0, 0.05) is 22.8 Å². The van der Waals surface area contributed by atoms with E-state index in [9.17, 15) is 0 Å². The summed E-state index contributed by atoms with van der Waals surface area (Å²) in [5.74, 6) is 0. The molecule has 0 aliphatic heterocycles. The van der Waals surface area contributed by atoms with Crippen molar-refractivity contribution in [2.45, 2.75) is 31.7 Å². The van der Waals surface area contributed by atoms with Gasteiger partial charge >= 0.3 is 0 Å². The smallest absolute Gasteiger partial charge is 0.0404 e. The molecule has 2 aromatic heterocycles. The summed E-state index contributed by atoms with van der Waals surface area (Å²) in [6.07, 6.45) is 6.44. The van der Waals surface area contributed by atoms with E-state index in [0.717, 1.165) is 12.8 Å². The summed E-state index contributed by atoms with van der Waals surface area (Å²) in [7, 11) is 2.05. The Morgan fingerprint density at radius 1 is 1.17 bits per heavy atom. The third-order valence-electron chi connectivity index (χ3n) is 3.20. The molecule has 0 saturated heterocycles. The lowest BCUT2D eigenvalue weighted by atomic mass is 10.0. The average Bonchev–Trinajstić information content (AvgIpc) is 2.93. The van der Waals surface area contributed by atoms with Crippen LogP contribution in [0.4, 0.5) is 0 Å². The summed E-state index contributed by atoms with van der Waals surface area (Å²) in [6, 6.07) is 11.1. The molecular formula is C15H20N2S. The second-order valence-electron chi connectivity index (χ2n) is 4.46. The molecule has 0 spiro atoms. The van der Waals surface area contributed by atoms with E-state index < -0.39 is 0 Å². The lowest BCUT2D eigenvalue weighted by molar-refractivity contribution is 0.488. The SMILES string of the molecule is CNC(CCc1ccccn1)CCc1cccs1. The number of rotatable bonds is 7. The van der Waals surface area contributed by atoms with Crippen molar-refractivity contribution in [3.8, 4) is 0 Å². The molecular weight excluding hydrogens is 240 g/mol. The van der Waals surface area contributed by atoms with Gasteiger partial charge in [-0.1, -0.05) is 12.1 Å². The largest absolute Gasteiger partial charge is 0.317 e. The molecule has 0 saturated carbocycles. The molecule has 2 nitrogen and oxygen atoms in total. The van der Waals surface area contributed by atoms with Crippen LogP contribution in [0.2, 0.25) is 0 Å². The van der Waals surface area contributed by atoms with Gasteiger partial charge in [-0.3, -0.25) is 4.98 Å². The first-order chi connectivity index (χ1) is 8.88. The molecule has 2 aromatic rings. The molecule has 18 heavy (non-hydrogen) atoms. The van der Waals surface area contributed by atoms with Gasteiger partial charge in [0.05, 0.1) is 0 Å². The van der Waals surface area contributed by atoms with Crippen LogP contribution in [0.1, 0.15) is 23.4 Å². The first-order valence-electron chi connectivity index (χ1n) is 6.48. The van der Waals surface area contributed by atoms with Gasteiger partial charge in [-0.15, -0.1) is 11.3 Å². The summed E-state index contributed by atoms with van der Waals surface area (Å²) < 4.78 is 0. The summed E-state index contributed by atoms with van der Waals surface area (Å²) in [5, 5.41) is 5.56. The predicted octanol–water partition coefficient (Wildman–Crippen LogP) is 3.30. The molecule has 1 N–H and O–H groups in total. The van der Waals surface area contributed by atoms with Crippen molar-refractivity contribution >= 4 is 11.3 Å². The lowest BCUT2D eigenvalue weighted by Crippen LogP contribution is -2.26. The number of thiophene rings is 1. The van der Waals surface area contributed by atoms with Crippen LogP contribution in [-0.2, 0) is 12.8 Å². The molecule has 0 aliphatic rings. The van der Waals surface area contributed by atoms with Crippen molar-refractivity contribution in [1.82, 2.24) is 10.3 Å². The van der Waals surface area contributed by atoms with E-state index in [0.29, 0.717) is 6.04 Å². The van der Waals surface area contributed by atoms with Crippen molar-refractivity contribution in [3.63, 3.8) is 0 Å². The topological polar surface area (TPSA) is 24.9 Å². The molecule has 0 fully saturated rings. The van der Waals surface area contributed by atoms with Crippen molar-refractivity contribution in [3.05, 3.63) is 52.5 Å². The molecule has 0 amide bonds. The van der Waals surface area contributed by atoms with Gasteiger partial charge in [0.2, 0.25) is 0 Å². The normalized spacial score (nSPS) is 12.5. The maximum atomic E-state index is 4.37. The maximum Gasteiger partial charge on any atom is 0.0404 e. The fraction of sp³-hybridized carbons (Fsp3) is 0.400. The highest BCUT2D eigenvalue weighted by Crippen LogP contribution is 2.14. The minimum absolute atomic E-state index is 0.578. The van der Waals surface area contributed by atoms with Crippen molar-refractivity contribution in [1.29, 1.82) is 0 Å². The van der Waals surface area contributed by atoms with Crippen LogP contribution in [0.15, 0.2) is 41.9 Å². The fourth-order valence-electron chi connectivity index (χ4n) is 2.07. The Kier molecular flexibility index (Phi) is 5.36. The molecule has 0 bridgehead atoms. The molecule has 0 radical (unpaired) electrons. The minimum Gasteiger partial charge on any atom is -0.317 e. The second kappa shape index (κ2) is 7.29. The average molecular weight is 260 g/mol. The first kappa shape index (κ1) is 13.2. The van der Waals surface area contributed by atoms with Gasteiger partial charge in [-0.05, 0) is 56.3 Å². The number of aryl methyl sites for hydroxylation is 2. The molecule has 2 rings (SSSR count). The van der Waals surface area contributed by atoms with Gasteiger partial charge in [0.1, 0.15) is 0 Å². The summed E-state index contributed by atoms with van der Waals surface area (Å²) in [6.45, 7) is 0. The van der Waals surface area contributed by atoms with E-state index in [-0.39, 0.29) is 0 Å². The molecule has 96 valence electrons. The Bertz CT molecular complexity index is 425. The van der Waals surface area contributed by atoms with Crippen LogP contribution in [0.5, 0.6) is 0 Å². The first-order valence-corrected chi connectivity index (χ1v) is 7.36. The maximum absolute atomic E-state index is 4.37. The monoisotopic (exact) mass is 260 g/mol. The van der Waals surface area contributed by atoms with Gasteiger partial charge in [-0.25, -0.2) is 0 Å². The van der Waals surface area contributed by atoms with Gasteiger partial charge < -0.3 is 5.32 Å². The zero-order valence-electron chi connectivity index (χ0n) is 10.8. The molecule has 0 aliphatic carbocycles. The number of hydrogen-bond donors (Lipinski definition) is 1. The Hall–Kier alpha value is -1.19. The van der Waals surface area contributed by atoms with Gasteiger partial charge in [-0.2, -0.15) is 0 Å². The predicted molar refractivity (Wildman–Crippen MR) is 78.0 cm³/mol. The number of pyridine rings is 1. The molecule has 1 atom stereocenters. The van der Waals surface area contributed by atoms with Crippen molar-refractivity contribution in [2.75, 3.05) is 7.05 Å². The van der Waals surface area contributed by atoms with Gasteiger partial charge in [0.15, 0.2) is 0 Å². The molecule has 0 aromatic carbocycles. The minimum atomic E-state index is 0.578. The van der Waals surface area contributed by atoms with Crippen LogP contribution < -0.4 is 5.32 Å². The second-order valence-corrected chi connectivity index (χ2v) is 5.50. The fourth-order valence-corrected chi connectivity index (χ4v) is 2.80. The van der Waals surface area contributed by atoms with Crippen LogP contribution in [0.3, 0.4) is 0 Å². The number of hydrogen-bond acceptors (Lipinski definition) is 3. The van der Waals surface area contributed by atoms with Crippen molar-refractivity contribution < 1.29 is 0 Å². The molecule has 1 unspecified atom stereocenters. The Morgan fingerprint density at radius 3 is 2.72 bits per heavy atom. The summed E-state index contributed by atoms with van der Waals surface area (Å²) in [4.78, 5) is 5.85. The van der Waals surface area contributed by atoms with E-state index in [2.05, 4.69) is 47.0 Å². The summed E-state index contributed by atoms with van der Waals surface area (Å²) >= 11 is 1.85. The quantitative estimate of drug-likeness (QED) is 0.826. The highest BCUT2D eigenvalue weighted by molar-refractivity contribution is 7.09. The van der Waals surface area contributed by atoms with Crippen LogP contribution in [-0.4, -0.2) is 18.1 Å². The van der Waals surface area contributed by atoms with E-state index in [1.165, 1.54) is 23.4 Å². The van der Waals surface area contributed by atoms with E-state index in [1.54, 1.807) is 0 Å². The van der Waals surface area contributed by atoms with E-state index in [4.69, 9.17) is 0 Å². The number of nitrogens with zero attached hydrogens (tertiary/aromatic N) is 1. The van der Waals surface area contributed by atoms with Crippen LogP contribution in [0, 0.1) is 0 Å². The van der Waals surface area contributed by atoms with Crippen LogP contribution in [0.25, 0.3) is 0 Å². The van der Waals surface area contributed by atoms with Crippen LogP contribution >= 0.6 is 11.3 Å². The molecule has 2 heterocycles. The van der Waals surface area contributed by atoms with Gasteiger partial charge in [0.25, 0.3) is 0 Å². The third kappa shape index (κ3) is 4.24. The highest BCUT2D eigenvalue weighted by atomic mass is 32.1. The Labute approximate surface area is 113 Å². The Morgan fingerprint density at radius 2 is 2.06 bits per heavy atom. The zero-order chi connectivity index (χ0) is 12.6. The van der Waals surface area contributed by atoms with E-state index >= 15 is 0 Å². The summed E-state index contributed by atoms with van der Waals surface area (Å²) in [5.41, 5.74) is 1.19. The third-order valence-corrected chi connectivity index (χ3v) is 4.14. The lowest BCUT2D eigenvalue weighted by Gasteiger charge is -2.15. The van der Waals surface area contributed by atoms with E-state index in [1.807, 2.05) is 23.6 Å². The standard InChI is InChI=1S/C15H20N2S/c1-16-13(9-10-15-6-4-12-18-15)7-8-14-5-2-3-11-17-14/h2-6,11-13,16H,7-10H2,1H3. The van der Waals surface area contributed by atoms with Crippen molar-refractivity contribution in [2.24, 2.45) is 0 Å². The number of nitrogens with one attached hydrogen (secondary N) is 1.